The van der Waals surface area contributed by atoms with E-state index in [1.54, 1.807) is 4.90 Å². The van der Waals surface area contributed by atoms with Gasteiger partial charge in [-0.25, -0.2) is 4.98 Å². The van der Waals surface area contributed by atoms with Gasteiger partial charge < -0.3 is 14.8 Å². The molecule has 0 aliphatic carbocycles. The van der Waals surface area contributed by atoms with Gasteiger partial charge >= 0.3 is 0 Å². The SMILES string of the molecule is CN(C(=O)c1ccc(C2CCN(Cc3cc4c(Br)ccnc4n3C)CC2)cc1)c1ccc(CC2CCNCC2)cc1. The Morgan fingerprint density at radius 2 is 1.71 bits per heavy atom. The molecule has 4 aromatic rings. The first-order chi connectivity index (χ1) is 20.0. The Hall–Kier alpha value is -3.00. The average molecular weight is 615 g/mol. The van der Waals surface area contributed by atoms with Crippen LogP contribution in [0.1, 0.15) is 58.8 Å². The van der Waals surface area contributed by atoms with Gasteiger partial charge in [0, 0.05) is 53.6 Å². The van der Waals surface area contributed by atoms with E-state index in [4.69, 9.17) is 0 Å². The van der Waals surface area contributed by atoms with Crippen molar-refractivity contribution < 1.29 is 4.79 Å². The van der Waals surface area contributed by atoms with Crippen LogP contribution < -0.4 is 10.2 Å². The molecule has 0 spiro atoms. The van der Waals surface area contributed by atoms with Crippen molar-refractivity contribution in [3.8, 4) is 0 Å². The zero-order valence-corrected chi connectivity index (χ0v) is 25.7. The number of anilines is 1. The Morgan fingerprint density at radius 3 is 2.39 bits per heavy atom. The van der Waals surface area contributed by atoms with E-state index in [9.17, 15) is 4.79 Å². The minimum Gasteiger partial charge on any atom is -0.331 e. The van der Waals surface area contributed by atoms with E-state index < -0.39 is 0 Å². The number of fused-ring (bicyclic) bond motifs is 1. The molecule has 0 atom stereocenters. The third-order valence-electron chi connectivity index (χ3n) is 9.19. The van der Waals surface area contributed by atoms with Crippen LogP contribution in [-0.4, -0.2) is 53.6 Å². The number of likely N-dealkylation sites (tertiary alicyclic amines) is 1. The molecule has 0 unspecified atom stereocenters. The van der Waals surface area contributed by atoms with E-state index in [0.29, 0.717) is 5.92 Å². The minimum absolute atomic E-state index is 0.0357. The summed E-state index contributed by atoms with van der Waals surface area (Å²) in [7, 11) is 3.98. The summed E-state index contributed by atoms with van der Waals surface area (Å²) in [5.41, 5.74) is 6.69. The van der Waals surface area contributed by atoms with Gasteiger partial charge in [0.15, 0.2) is 0 Å². The van der Waals surface area contributed by atoms with Crippen LogP contribution >= 0.6 is 15.9 Å². The quantitative estimate of drug-likeness (QED) is 0.257. The number of pyridine rings is 1. The molecule has 2 aliphatic heterocycles. The van der Waals surface area contributed by atoms with Gasteiger partial charge in [-0.3, -0.25) is 9.69 Å². The summed E-state index contributed by atoms with van der Waals surface area (Å²) in [6.07, 6.45) is 7.73. The molecule has 7 heteroatoms. The van der Waals surface area contributed by atoms with Gasteiger partial charge in [0.05, 0.1) is 0 Å². The van der Waals surface area contributed by atoms with Crippen LogP contribution in [0.3, 0.4) is 0 Å². The second-order valence-corrected chi connectivity index (χ2v) is 12.7. The number of benzene rings is 2. The summed E-state index contributed by atoms with van der Waals surface area (Å²) in [4.78, 5) is 22.1. The van der Waals surface area contributed by atoms with Gasteiger partial charge in [-0.05, 0) is 134 Å². The maximum atomic E-state index is 13.3. The monoisotopic (exact) mass is 613 g/mol. The van der Waals surface area contributed by atoms with Crippen molar-refractivity contribution in [2.45, 2.75) is 44.6 Å². The molecule has 0 bridgehead atoms. The molecule has 2 aliphatic rings. The summed E-state index contributed by atoms with van der Waals surface area (Å²) >= 11 is 3.66. The number of aryl methyl sites for hydroxylation is 1. The smallest absolute Gasteiger partial charge is 0.258 e. The van der Waals surface area contributed by atoms with Crippen LogP contribution in [0.5, 0.6) is 0 Å². The lowest BCUT2D eigenvalue weighted by Crippen LogP contribution is -2.33. The van der Waals surface area contributed by atoms with Gasteiger partial charge in [0.25, 0.3) is 5.91 Å². The molecule has 0 saturated carbocycles. The Kier molecular flexibility index (Phi) is 8.56. The number of hydrogen-bond donors (Lipinski definition) is 1. The van der Waals surface area contributed by atoms with E-state index in [1.165, 1.54) is 35.0 Å². The second-order valence-electron chi connectivity index (χ2n) is 11.8. The van der Waals surface area contributed by atoms with E-state index in [0.717, 1.165) is 79.3 Å². The Labute approximate surface area is 251 Å². The van der Waals surface area contributed by atoms with Gasteiger partial charge in [0.1, 0.15) is 5.65 Å². The van der Waals surface area contributed by atoms with Crippen molar-refractivity contribution in [2.75, 3.05) is 38.1 Å². The van der Waals surface area contributed by atoms with Crippen molar-refractivity contribution in [1.29, 1.82) is 0 Å². The number of carbonyl (C=O) groups is 1. The molecule has 2 aromatic carbocycles. The second kappa shape index (κ2) is 12.5. The number of nitrogens with one attached hydrogen (secondary N) is 1. The molecular formula is C34H40BrN5O. The highest BCUT2D eigenvalue weighted by Crippen LogP contribution is 2.31. The molecule has 214 valence electrons. The van der Waals surface area contributed by atoms with Crippen molar-refractivity contribution in [3.63, 3.8) is 0 Å². The molecule has 2 aromatic heterocycles. The number of aromatic nitrogens is 2. The maximum absolute atomic E-state index is 13.3. The summed E-state index contributed by atoms with van der Waals surface area (Å²) < 4.78 is 3.31. The van der Waals surface area contributed by atoms with Crippen molar-refractivity contribution >= 4 is 38.6 Å². The fraction of sp³-hybridized carbons (Fsp3) is 0.412. The normalized spacial score (nSPS) is 17.2. The minimum atomic E-state index is 0.0357. The number of hydrogen-bond acceptors (Lipinski definition) is 4. The molecule has 2 fully saturated rings. The topological polar surface area (TPSA) is 53.4 Å². The van der Waals surface area contributed by atoms with E-state index >= 15 is 0 Å². The van der Waals surface area contributed by atoms with E-state index in [2.05, 4.69) is 85.2 Å². The molecule has 6 rings (SSSR count). The summed E-state index contributed by atoms with van der Waals surface area (Å²) in [5.74, 6) is 1.33. The molecule has 6 nitrogen and oxygen atoms in total. The number of rotatable bonds is 7. The third kappa shape index (κ3) is 6.27. The zero-order chi connectivity index (χ0) is 28.3. The standard InChI is InChI=1S/C34H40BrN5O/c1-38-30(22-31-32(35)13-18-37-33(31)38)23-40-19-14-27(15-20-40)26-5-7-28(8-6-26)34(41)39(2)29-9-3-24(4-10-29)21-25-11-16-36-17-12-25/h3-10,13,18,22,25,27,36H,11-12,14-17,19-21,23H2,1-2H3. The number of amides is 1. The lowest BCUT2D eigenvalue weighted by atomic mass is 9.89. The summed E-state index contributed by atoms with van der Waals surface area (Å²) in [6.45, 7) is 5.32. The van der Waals surface area contributed by atoms with E-state index in [-0.39, 0.29) is 5.91 Å². The largest absolute Gasteiger partial charge is 0.331 e. The molecule has 1 N–H and O–H groups in total. The lowest BCUT2D eigenvalue weighted by Gasteiger charge is -2.32. The zero-order valence-electron chi connectivity index (χ0n) is 24.2. The van der Waals surface area contributed by atoms with Gasteiger partial charge in [0.2, 0.25) is 0 Å². The number of halogens is 1. The van der Waals surface area contributed by atoms with Crippen molar-refractivity contribution in [1.82, 2.24) is 19.8 Å². The number of nitrogens with zero attached hydrogens (tertiary/aromatic N) is 4. The van der Waals surface area contributed by atoms with Crippen molar-refractivity contribution in [3.05, 3.63) is 93.7 Å². The molecule has 2 saturated heterocycles. The van der Waals surface area contributed by atoms with Crippen LogP contribution in [0, 0.1) is 5.92 Å². The fourth-order valence-electron chi connectivity index (χ4n) is 6.53. The van der Waals surface area contributed by atoms with Crippen LogP contribution in [0.2, 0.25) is 0 Å². The molecule has 0 radical (unpaired) electrons. The first-order valence-corrected chi connectivity index (χ1v) is 15.7. The van der Waals surface area contributed by atoms with Crippen LogP contribution in [-0.2, 0) is 20.0 Å². The molecule has 4 heterocycles. The fourth-order valence-corrected chi connectivity index (χ4v) is 6.94. The number of carbonyl (C=O) groups excluding carboxylic acids is 1. The van der Waals surface area contributed by atoms with E-state index in [1.807, 2.05) is 31.4 Å². The van der Waals surface area contributed by atoms with Crippen molar-refractivity contribution in [2.24, 2.45) is 13.0 Å². The Bertz CT molecular complexity index is 1480. The first kappa shape index (κ1) is 28.1. The summed E-state index contributed by atoms with van der Waals surface area (Å²) in [6, 6.07) is 21.1. The predicted octanol–water partition coefficient (Wildman–Crippen LogP) is 6.53. The van der Waals surface area contributed by atoms with Gasteiger partial charge in [-0.1, -0.05) is 24.3 Å². The molecule has 1 amide bonds. The highest BCUT2D eigenvalue weighted by atomic mass is 79.9. The van der Waals surface area contributed by atoms with Crippen LogP contribution in [0.15, 0.2) is 71.3 Å². The maximum Gasteiger partial charge on any atom is 0.258 e. The average Bonchev–Trinajstić information content (AvgIpc) is 3.33. The Balaban J connectivity index is 1.02. The number of piperidine rings is 2. The predicted molar refractivity (Wildman–Crippen MR) is 171 cm³/mol. The highest BCUT2D eigenvalue weighted by Gasteiger charge is 2.23. The Morgan fingerprint density at radius 1 is 1.00 bits per heavy atom. The molecule has 41 heavy (non-hydrogen) atoms. The van der Waals surface area contributed by atoms with Crippen LogP contribution in [0.4, 0.5) is 5.69 Å². The first-order valence-electron chi connectivity index (χ1n) is 14.9. The molecular weight excluding hydrogens is 574 g/mol. The van der Waals surface area contributed by atoms with Gasteiger partial charge in [-0.15, -0.1) is 0 Å². The van der Waals surface area contributed by atoms with Crippen LogP contribution in [0.25, 0.3) is 11.0 Å². The third-order valence-corrected chi connectivity index (χ3v) is 9.88. The summed E-state index contributed by atoms with van der Waals surface area (Å²) in [5, 5.41) is 4.61. The highest BCUT2D eigenvalue weighted by molar-refractivity contribution is 9.10. The lowest BCUT2D eigenvalue weighted by molar-refractivity contribution is 0.0993. The van der Waals surface area contributed by atoms with Gasteiger partial charge in [-0.2, -0.15) is 0 Å².